The Kier molecular flexibility index (Phi) is 3.76. The van der Waals surface area contributed by atoms with Gasteiger partial charge in [-0.3, -0.25) is 4.90 Å². The lowest BCUT2D eigenvalue weighted by atomic mass is 9.97. The van der Waals surface area contributed by atoms with Gasteiger partial charge in [0.05, 0.1) is 18.8 Å². The Morgan fingerprint density at radius 2 is 2.21 bits per heavy atom. The Morgan fingerprint density at radius 3 is 2.84 bits per heavy atom. The molecule has 104 valence electrons. The third-order valence-electron chi connectivity index (χ3n) is 3.92. The Morgan fingerprint density at radius 1 is 1.42 bits per heavy atom. The second-order valence-corrected chi connectivity index (χ2v) is 5.63. The van der Waals surface area contributed by atoms with Crippen molar-refractivity contribution in [2.24, 2.45) is 5.73 Å². The van der Waals surface area contributed by atoms with E-state index in [0.717, 1.165) is 12.1 Å². The summed E-state index contributed by atoms with van der Waals surface area (Å²) in [5.74, 6) is -0.312. The van der Waals surface area contributed by atoms with Gasteiger partial charge in [0.2, 0.25) is 0 Å². The van der Waals surface area contributed by atoms with Crippen LogP contribution < -0.4 is 5.73 Å². The van der Waals surface area contributed by atoms with Crippen LogP contribution in [0.4, 0.5) is 4.39 Å². The number of hydrogen-bond donors (Lipinski definition) is 1. The zero-order valence-corrected chi connectivity index (χ0v) is 11.4. The normalized spacial score (nSPS) is 28.6. The highest BCUT2D eigenvalue weighted by Gasteiger charge is 2.41. The monoisotopic (exact) mass is 284 g/mol. The maximum absolute atomic E-state index is 13.2. The van der Waals surface area contributed by atoms with E-state index in [0.29, 0.717) is 24.2 Å². The molecule has 19 heavy (non-hydrogen) atoms. The molecule has 2 fully saturated rings. The second-order valence-electron chi connectivity index (χ2n) is 5.22. The lowest BCUT2D eigenvalue weighted by molar-refractivity contribution is -0.0712. The number of hydrogen-bond acceptors (Lipinski definition) is 3. The molecule has 1 saturated carbocycles. The molecular formula is C14H18ClFN2O. The quantitative estimate of drug-likeness (QED) is 0.926. The predicted octanol–water partition coefficient (Wildman–Crippen LogP) is 2.34. The van der Waals surface area contributed by atoms with Crippen molar-refractivity contribution in [2.75, 3.05) is 19.7 Å². The van der Waals surface area contributed by atoms with Crippen LogP contribution in [0, 0.1) is 5.82 Å². The third-order valence-corrected chi connectivity index (χ3v) is 4.25. The van der Waals surface area contributed by atoms with Gasteiger partial charge >= 0.3 is 0 Å². The molecule has 0 aromatic heterocycles. The summed E-state index contributed by atoms with van der Waals surface area (Å²) in [4.78, 5) is 2.42. The summed E-state index contributed by atoms with van der Waals surface area (Å²) < 4.78 is 19.0. The molecular weight excluding hydrogens is 267 g/mol. The molecule has 1 saturated heterocycles. The van der Waals surface area contributed by atoms with Gasteiger partial charge in [-0.15, -0.1) is 0 Å². The largest absolute Gasteiger partial charge is 0.374 e. The van der Waals surface area contributed by atoms with E-state index >= 15 is 0 Å². The SMILES string of the molecule is NCC1OCCN(C2CC2)C1c1ccc(F)cc1Cl. The number of rotatable bonds is 3. The van der Waals surface area contributed by atoms with Crippen LogP contribution >= 0.6 is 11.6 Å². The second kappa shape index (κ2) is 5.37. The average Bonchev–Trinajstić information content (AvgIpc) is 3.22. The Balaban J connectivity index is 1.95. The number of nitrogens with two attached hydrogens (primary N) is 1. The first-order valence-electron chi connectivity index (χ1n) is 6.73. The molecule has 1 aliphatic heterocycles. The molecule has 2 aliphatic rings. The first-order chi connectivity index (χ1) is 9.20. The molecule has 1 aromatic carbocycles. The molecule has 5 heteroatoms. The van der Waals surface area contributed by atoms with E-state index in [2.05, 4.69) is 4.90 Å². The van der Waals surface area contributed by atoms with Crippen molar-refractivity contribution >= 4 is 11.6 Å². The van der Waals surface area contributed by atoms with Crippen LogP contribution in [-0.2, 0) is 4.74 Å². The predicted molar refractivity (Wildman–Crippen MR) is 72.7 cm³/mol. The Labute approximate surface area is 117 Å². The fraction of sp³-hybridized carbons (Fsp3) is 0.571. The highest BCUT2D eigenvalue weighted by atomic mass is 35.5. The highest BCUT2D eigenvalue weighted by Crippen LogP contribution is 2.40. The maximum Gasteiger partial charge on any atom is 0.124 e. The summed E-state index contributed by atoms with van der Waals surface area (Å²) in [7, 11) is 0. The summed E-state index contributed by atoms with van der Waals surface area (Å²) in [5, 5.41) is 0.458. The smallest absolute Gasteiger partial charge is 0.124 e. The molecule has 1 heterocycles. The molecule has 2 N–H and O–H groups in total. The van der Waals surface area contributed by atoms with E-state index < -0.39 is 0 Å². The van der Waals surface area contributed by atoms with Gasteiger partial charge in [0.25, 0.3) is 0 Å². The van der Waals surface area contributed by atoms with Crippen molar-refractivity contribution in [2.45, 2.75) is 31.0 Å². The van der Waals surface area contributed by atoms with Crippen molar-refractivity contribution in [1.29, 1.82) is 0 Å². The van der Waals surface area contributed by atoms with Crippen LogP contribution in [0.2, 0.25) is 5.02 Å². The van der Waals surface area contributed by atoms with E-state index in [4.69, 9.17) is 22.1 Å². The van der Waals surface area contributed by atoms with Gasteiger partial charge in [0.15, 0.2) is 0 Å². The molecule has 0 amide bonds. The molecule has 2 atom stereocenters. The first-order valence-corrected chi connectivity index (χ1v) is 7.11. The zero-order valence-electron chi connectivity index (χ0n) is 10.7. The van der Waals surface area contributed by atoms with Gasteiger partial charge in [-0.05, 0) is 30.5 Å². The summed E-state index contributed by atoms with van der Waals surface area (Å²) in [6.07, 6.45) is 2.36. The Hall–Kier alpha value is -0.680. The average molecular weight is 285 g/mol. The lowest BCUT2D eigenvalue weighted by Gasteiger charge is -2.41. The lowest BCUT2D eigenvalue weighted by Crippen LogP contribution is -2.49. The van der Waals surface area contributed by atoms with Gasteiger partial charge < -0.3 is 10.5 Å². The number of ether oxygens (including phenoxy) is 1. The molecule has 2 unspecified atom stereocenters. The van der Waals surface area contributed by atoms with Crippen molar-refractivity contribution in [1.82, 2.24) is 4.90 Å². The molecule has 0 bridgehead atoms. The van der Waals surface area contributed by atoms with Crippen LogP contribution in [0.15, 0.2) is 18.2 Å². The van der Waals surface area contributed by atoms with E-state index in [1.807, 2.05) is 0 Å². The third kappa shape index (κ3) is 2.63. The van der Waals surface area contributed by atoms with Crippen LogP contribution in [0.1, 0.15) is 24.4 Å². The minimum atomic E-state index is -0.312. The molecule has 1 aromatic rings. The standard InChI is InChI=1S/C14H18ClFN2O/c15-12-7-9(16)1-4-11(12)14-13(8-17)19-6-5-18(14)10-2-3-10/h1,4,7,10,13-14H,2-3,5-6,8,17H2. The van der Waals surface area contributed by atoms with Crippen LogP contribution in [0.25, 0.3) is 0 Å². The van der Waals surface area contributed by atoms with Gasteiger partial charge in [0.1, 0.15) is 5.82 Å². The van der Waals surface area contributed by atoms with Gasteiger partial charge in [-0.1, -0.05) is 17.7 Å². The summed E-state index contributed by atoms with van der Waals surface area (Å²) >= 11 is 6.21. The number of nitrogens with zero attached hydrogens (tertiary/aromatic N) is 1. The molecule has 3 rings (SSSR count). The molecule has 0 spiro atoms. The van der Waals surface area contributed by atoms with E-state index in [-0.39, 0.29) is 18.0 Å². The Bertz CT molecular complexity index is 467. The van der Waals surface area contributed by atoms with Crippen molar-refractivity contribution in [3.8, 4) is 0 Å². The minimum Gasteiger partial charge on any atom is -0.374 e. The fourth-order valence-corrected chi connectivity index (χ4v) is 3.17. The van der Waals surface area contributed by atoms with Crippen LogP contribution in [-0.4, -0.2) is 36.7 Å². The first kappa shape index (κ1) is 13.3. The summed E-state index contributed by atoms with van der Waals surface area (Å²) in [6.45, 7) is 2.04. The van der Waals surface area contributed by atoms with Crippen molar-refractivity contribution in [3.63, 3.8) is 0 Å². The number of benzene rings is 1. The topological polar surface area (TPSA) is 38.5 Å². The summed E-state index contributed by atoms with van der Waals surface area (Å²) in [6, 6.07) is 5.22. The number of halogens is 2. The highest BCUT2D eigenvalue weighted by molar-refractivity contribution is 6.31. The maximum atomic E-state index is 13.2. The number of morpholine rings is 1. The molecule has 3 nitrogen and oxygen atoms in total. The zero-order chi connectivity index (χ0) is 13.4. The van der Waals surface area contributed by atoms with E-state index in [1.165, 1.54) is 25.0 Å². The van der Waals surface area contributed by atoms with E-state index in [1.54, 1.807) is 6.07 Å². The molecule has 0 radical (unpaired) electrons. The van der Waals surface area contributed by atoms with Crippen LogP contribution in [0.3, 0.4) is 0 Å². The van der Waals surface area contributed by atoms with Crippen LogP contribution in [0.5, 0.6) is 0 Å². The molecule has 1 aliphatic carbocycles. The van der Waals surface area contributed by atoms with Gasteiger partial charge in [-0.25, -0.2) is 4.39 Å². The van der Waals surface area contributed by atoms with Crippen molar-refractivity contribution < 1.29 is 9.13 Å². The van der Waals surface area contributed by atoms with Gasteiger partial charge in [0, 0.05) is 24.2 Å². The fourth-order valence-electron chi connectivity index (χ4n) is 2.89. The van der Waals surface area contributed by atoms with Crippen molar-refractivity contribution in [3.05, 3.63) is 34.6 Å². The van der Waals surface area contributed by atoms with E-state index in [9.17, 15) is 4.39 Å². The minimum absolute atomic E-state index is 0.0411. The summed E-state index contributed by atoms with van der Waals surface area (Å²) in [5.41, 5.74) is 6.75. The van der Waals surface area contributed by atoms with Gasteiger partial charge in [-0.2, -0.15) is 0 Å².